The van der Waals surface area contributed by atoms with Gasteiger partial charge in [-0.05, 0) is 42.3 Å². The van der Waals surface area contributed by atoms with E-state index in [2.05, 4.69) is 20.3 Å². The van der Waals surface area contributed by atoms with Crippen molar-refractivity contribution >= 4 is 27.4 Å². The Balaban J connectivity index is 1.59. The van der Waals surface area contributed by atoms with Gasteiger partial charge in [0.1, 0.15) is 12.1 Å². The SMILES string of the molecule is OC1CC([C@H](Cc2ccccn2)Nc2ncnc3ccsc23)C1. The maximum atomic E-state index is 9.67. The summed E-state index contributed by atoms with van der Waals surface area (Å²) in [7, 11) is 0. The van der Waals surface area contributed by atoms with Gasteiger partial charge in [-0.25, -0.2) is 9.97 Å². The summed E-state index contributed by atoms with van der Waals surface area (Å²) in [5, 5.41) is 15.3. The summed E-state index contributed by atoms with van der Waals surface area (Å²) in [5.41, 5.74) is 2.03. The molecule has 3 heterocycles. The zero-order valence-electron chi connectivity index (χ0n) is 12.6. The van der Waals surface area contributed by atoms with E-state index in [1.165, 1.54) is 0 Å². The van der Waals surface area contributed by atoms with Crippen LogP contribution in [0.25, 0.3) is 10.2 Å². The van der Waals surface area contributed by atoms with Crippen LogP contribution in [-0.4, -0.2) is 32.2 Å². The summed E-state index contributed by atoms with van der Waals surface area (Å²) >= 11 is 1.65. The highest BCUT2D eigenvalue weighted by Crippen LogP contribution is 2.34. The first-order valence-corrected chi connectivity index (χ1v) is 8.70. The average Bonchev–Trinajstić information content (AvgIpc) is 3.02. The summed E-state index contributed by atoms with van der Waals surface area (Å²) in [4.78, 5) is 13.2. The van der Waals surface area contributed by atoms with Crippen molar-refractivity contribution in [3.63, 3.8) is 0 Å². The molecule has 0 unspecified atom stereocenters. The molecule has 2 N–H and O–H groups in total. The number of anilines is 1. The molecule has 1 aliphatic rings. The fourth-order valence-electron chi connectivity index (χ4n) is 3.11. The molecule has 0 saturated heterocycles. The summed E-state index contributed by atoms with van der Waals surface area (Å²) in [6, 6.07) is 8.21. The second kappa shape index (κ2) is 6.22. The van der Waals surface area contributed by atoms with Gasteiger partial charge >= 0.3 is 0 Å². The highest BCUT2D eigenvalue weighted by molar-refractivity contribution is 7.17. The standard InChI is InChI=1S/C17H18N4OS/c22-13-7-11(8-13)15(9-12-3-1-2-5-18-12)21-17-16-14(4-6-23-16)19-10-20-17/h1-6,10-11,13,15,22H,7-9H2,(H,19,20,21)/t11?,13?,15-/m0/s1. The smallest absolute Gasteiger partial charge is 0.147 e. The van der Waals surface area contributed by atoms with E-state index in [9.17, 15) is 5.11 Å². The molecular weight excluding hydrogens is 308 g/mol. The summed E-state index contributed by atoms with van der Waals surface area (Å²) in [5.74, 6) is 1.32. The van der Waals surface area contributed by atoms with E-state index in [1.807, 2.05) is 35.8 Å². The molecule has 1 fully saturated rings. The zero-order valence-corrected chi connectivity index (χ0v) is 13.4. The zero-order chi connectivity index (χ0) is 15.6. The van der Waals surface area contributed by atoms with Crippen LogP contribution < -0.4 is 5.32 Å². The van der Waals surface area contributed by atoms with Crippen LogP contribution in [0, 0.1) is 5.92 Å². The molecule has 1 atom stereocenters. The summed E-state index contributed by atoms with van der Waals surface area (Å²) < 4.78 is 1.08. The van der Waals surface area contributed by atoms with Gasteiger partial charge < -0.3 is 10.4 Å². The molecule has 6 heteroatoms. The average molecular weight is 326 g/mol. The third-order valence-corrected chi connectivity index (χ3v) is 5.35. The van der Waals surface area contributed by atoms with Crippen molar-refractivity contribution in [3.05, 3.63) is 47.9 Å². The van der Waals surface area contributed by atoms with Crippen molar-refractivity contribution in [2.75, 3.05) is 5.32 Å². The van der Waals surface area contributed by atoms with Crippen LogP contribution in [0.1, 0.15) is 18.5 Å². The lowest BCUT2D eigenvalue weighted by atomic mass is 9.76. The van der Waals surface area contributed by atoms with Crippen LogP contribution in [0.5, 0.6) is 0 Å². The molecule has 1 saturated carbocycles. The molecular formula is C17H18N4OS. The summed E-state index contributed by atoms with van der Waals surface area (Å²) in [6.45, 7) is 0. The Morgan fingerprint density at radius 1 is 1.22 bits per heavy atom. The molecule has 0 radical (unpaired) electrons. The molecule has 0 bridgehead atoms. The predicted molar refractivity (Wildman–Crippen MR) is 91.5 cm³/mol. The van der Waals surface area contributed by atoms with Crippen molar-refractivity contribution in [2.24, 2.45) is 5.92 Å². The van der Waals surface area contributed by atoms with Crippen LogP contribution >= 0.6 is 11.3 Å². The monoisotopic (exact) mass is 326 g/mol. The number of aromatic nitrogens is 3. The lowest BCUT2D eigenvalue weighted by Crippen LogP contribution is -2.42. The molecule has 0 aliphatic heterocycles. The highest BCUT2D eigenvalue weighted by Gasteiger charge is 2.34. The lowest BCUT2D eigenvalue weighted by molar-refractivity contribution is 0.0341. The molecule has 23 heavy (non-hydrogen) atoms. The Bertz CT molecular complexity index is 785. The van der Waals surface area contributed by atoms with E-state index < -0.39 is 0 Å². The van der Waals surface area contributed by atoms with Crippen molar-refractivity contribution in [3.8, 4) is 0 Å². The number of aliphatic hydroxyl groups is 1. The molecule has 0 aromatic carbocycles. The van der Waals surface area contributed by atoms with Gasteiger partial charge in [0.05, 0.1) is 16.3 Å². The number of hydrogen-bond donors (Lipinski definition) is 2. The minimum Gasteiger partial charge on any atom is -0.393 e. The Labute approximate surface area is 138 Å². The van der Waals surface area contributed by atoms with Crippen molar-refractivity contribution < 1.29 is 5.11 Å². The maximum absolute atomic E-state index is 9.67. The Morgan fingerprint density at radius 3 is 2.91 bits per heavy atom. The van der Waals surface area contributed by atoms with Crippen molar-refractivity contribution in [2.45, 2.75) is 31.4 Å². The van der Waals surface area contributed by atoms with Crippen LogP contribution in [0.4, 0.5) is 5.82 Å². The predicted octanol–water partition coefficient (Wildman–Crippen LogP) is 2.88. The third kappa shape index (κ3) is 3.04. The fraction of sp³-hybridized carbons (Fsp3) is 0.353. The van der Waals surface area contributed by atoms with Gasteiger partial charge in [0, 0.05) is 24.4 Å². The molecule has 3 aromatic rings. The van der Waals surface area contributed by atoms with Gasteiger partial charge in [-0.15, -0.1) is 11.3 Å². The number of nitrogens with one attached hydrogen (secondary N) is 1. The van der Waals surface area contributed by atoms with Crippen molar-refractivity contribution in [1.29, 1.82) is 0 Å². The first-order valence-electron chi connectivity index (χ1n) is 7.82. The van der Waals surface area contributed by atoms with Gasteiger partial charge in [-0.3, -0.25) is 4.98 Å². The number of aliphatic hydroxyl groups excluding tert-OH is 1. The lowest BCUT2D eigenvalue weighted by Gasteiger charge is -2.38. The molecule has 118 valence electrons. The van der Waals surface area contributed by atoms with E-state index in [0.29, 0.717) is 5.92 Å². The Morgan fingerprint density at radius 2 is 2.13 bits per heavy atom. The topological polar surface area (TPSA) is 70.9 Å². The van der Waals surface area contributed by atoms with Gasteiger partial charge in [0.2, 0.25) is 0 Å². The van der Waals surface area contributed by atoms with Gasteiger partial charge in [0.15, 0.2) is 0 Å². The number of fused-ring (bicyclic) bond motifs is 1. The minimum atomic E-state index is -0.166. The van der Waals surface area contributed by atoms with E-state index in [-0.39, 0.29) is 12.1 Å². The third-order valence-electron chi connectivity index (χ3n) is 4.44. The second-order valence-electron chi connectivity index (χ2n) is 6.02. The molecule has 0 spiro atoms. The first kappa shape index (κ1) is 14.5. The molecule has 1 aliphatic carbocycles. The number of hydrogen-bond acceptors (Lipinski definition) is 6. The number of pyridine rings is 1. The maximum Gasteiger partial charge on any atom is 0.147 e. The Kier molecular flexibility index (Phi) is 3.93. The Hall–Kier alpha value is -2.05. The number of rotatable bonds is 5. The second-order valence-corrected chi connectivity index (χ2v) is 6.93. The molecule has 5 nitrogen and oxygen atoms in total. The van der Waals surface area contributed by atoms with Crippen molar-refractivity contribution in [1.82, 2.24) is 15.0 Å². The highest BCUT2D eigenvalue weighted by atomic mass is 32.1. The normalized spacial score (nSPS) is 21.8. The first-order chi connectivity index (χ1) is 11.3. The van der Waals surface area contributed by atoms with Crippen LogP contribution in [0.15, 0.2) is 42.2 Å². The number of thiophene rings is 1. The van der Waals surface area contributed by atoms with Crippen LogP contribution in [-0.2, 0) is 6.42 Å². The molecule has 4 rings (SSSR count). The summed E-state index contributed by atoms with van der Waals surface area (Å²) in [6.07, 6.45) is 5.76. The van der Waals surface area contributed by atoms with E-state index >= 15 is 0 Å². The van der Waals surface area contributed by atoms with Gasteiger partial charge in [-0.1, -0.05) is 6.07 Å². The largest absolute Gasteiger partial charge is 0.393 e. The van der Waals surface area contributed by atoms with Gasteiger partial charge in [0.25, 0.3) is 0 Å². The van der Waals surface area contributed by atoms with Crippen LogP contribution in [0.2, 0.25) is 0 Å². The van der Waals surface area contributed by atoms with Gasteiger partial charge in [-0.2, -0.15) is 0 Å². The molecule has 0 amide bonds. The van der Waals surface area contributed by atoms with E-state index in [0.717, 1.165) is 41.0 Å². The van der Waals surface area contributed by atoms with E-state index in [1.54, 1.807) is 17.7 Å². The fourth-order valence-corrected chi connectivity index (χ4v) is 3.90. The molecule has 3 aromatic heterocycles. The van der Waals surface area contributed by atoms with E-state index in [4.69, 9.17) is 0 Å². The van der Waals surface area contributed by atoms with Crippen LogP contribution in [0.3, 0.4) is 0 Å². The number of nitrogens with zero attached hydrogens (tertiary/aromatic N) is 3. The quantitative estimate of drug-likeness (QED) is 0.754. The minimum absolute atomic E-state index is 0.166.